The lowest BCUT2D eigenvalue weighted by atomic mass is 9.91. The van der Waals surface area contributed by atoms with E-state index >= 15 is 0 Å². The van der Waals surface area contributed by atoms with Crippen molar-refractivity contribution in [2.45, 2.75) is 45.2 Å². The number of benzene rings is 2. The van der Waals surface area contributed by atoms with Gasteiger partial charge in [0, 0.05) is 23.3 Å². The molecule has 2 aromatic carbocycles. The van der Waals surface area contributed by atoms with Crippen molar-refractivity contribution in [1.29, 1.82) is 0 Å². The molecule has 0 bridgehead atoms. The third-order valence-corrected chi connectivity index (χ3v) is 5.38. The normalized spacial score (nSPS) is 13.1. The lowest BCUT2D eigenvalue weighted by Gasteiger charge is -2.35. The third kappa shape index (κ3) is 6.12. The summed E-state index contributed by atoms with van der Waals surface area (Å²) in [6.45, 7) is 7.14. The molecule has 1 atom stereocenters. The second-order valence-corrected chi connectivity index (χ2v) is 7.16. The summed E-state index contributed by atoms with van der Waals surface area (Å²) in [6, 6.07) is 16.2. The molecule has 0 saturated carbocycles. The number of rotatable bonds is 10. The Morgan fingerprint density at radius 2 is 1.69 bits per heavy atom. The molecule has 6 nitrogen and oxygen atoms in total. The standard InChI is InChI=1S/C23H34N4O2/c1-6-23(7-2,27-17(3)18-11-9-8-10-12-18)16-25-22(24)26-19-13-14-20(28-4)21(15-19)29-5/h8-15,17,27H,6-7,16H2,1-5H3,(H3,24,25,26). The predicted octanol–water partition coefficient (Wildman–Crippen LogP) is 4.34. The third-order valence-electron chi connectivity index (χ3n) is 5.38. The molecule has 0 aliphatic carbocycles. The molecule has 0 aliphatic heterocycles. The van der Waals surface area contributed by atoms with Crippen LogP contribution in [0.2, 0.25) is 0 Å². The zero-order valence-electron chi connectivity index (χ0n) is 18.2. The van der Waals surface area contributed by atoms with Crippen molar-refractivity contribution in [3.05, 3.63) is 54.1 Å². The Labute approximate surface area is 174 Å². The number of guanidine groups is 1. The fraction of sp³-hybridized carbons (Fsp3) is 0.435. The number of hydrogen-bond donors (Lipinski definition) is 3. The van der Waals surface area contributed by atoms with Crippen LogP contribution in [0.4, 0.5) is 5.69 Å². The van der Waals surface area contributed by atoms with Gasteiger partial charge in [0.25, 0.3) is 0 Å². The summed E-state index contributed by atoms with van der Waals surface area (Å²) in [5, 5.41) is 6.91. The topological polar surface area (TPSA) is 80.9 Å². The molecule has 0 spiro atoms. The fourth-order valence-corrected chi connectivity index (χ4v) is 3.35. The molecule has 0 radical (unpaired) electrons. The molecule has 158 valence electrons. The van der Waals surface area contributed by atoms with Crippen molar-refractivity contribution in [3.63, 3.8) is 0 Å². The van der Waals surface area contributed by atoms with Crippen LogP contribution in [-0.2, 0) is 0 Å². The van der Waals surface area contributed by atoms with Gasteiger partial charge in [-0.05, 0) is 37.5 Å². The summed E-state index contributed by atoms with van der Waals surface area (Å²) in [5.41, 5.74) is 8.10. The Balaban J connectivity index is 2.08. The molecule has 0 aliphatic rings. The number of aliphatic imine (C=N–C) groups is 1. The lowest BCUT2D eigenvalue weighted by Crippen LogP contribution is -2.48. The van der Waals surface area contributed by atoms with E-state index in [9.17, 15) is 0 Å². The maximum atomic E-state index is 6.17. The molecule has 0 saturated heterocycles. The van der Waals surface area contributed by atoms with E-state index in [-0.39, 0.29) is 11.6 Å². The summed E-state index contributed by atoms with van der Waals surface area (Å²) in [4.78, 5) is 4.63. The number of hydrogen-bond acceptors (Lipinski definition) is 4. The van der Waals surface area contributed by atoms with Gasteiger partial charge in [0.05, 0.1) is 20.8 Å². The minimum absolute atomic E-state index is 0.126. The Bertz CT molecular complexity index is 789. The molecule has 0 heterocycles. The molecular weight excluding hydrogens is 364 g/mol. The first-order valence-corrected chi connectivity index (χ1v) is 10.1. The van der Waals surface area contributed by atoms with Crippen LogP contribution in [0, 0.1) is 0 Å². The second-order valence-electron chi connectivity index (χ2n) is 7.16. The largest absolute Gasteiger partial charge is 0.493 e. The van der Waals surface area contributed by atoms with Crippen LogP contribution in [0.5, 0.6) is 11.5 Å². The molecule has 2 rings (SSSR count). The summed E-state index contributed by atoms with van der Waals surface area (Å²) >= 11 is 0. The highest BCUT2D eigenvalue weighted by atomic mass is 16.5. The molecule has 0 fully saturated rings. The van der Waals surface area contributed by atoms with Crippen LogP contribution in [0.1, 0.15) is 45.2 Å². The maximum Gasteiger partial charge on any atom is 0.193 e. The second kappa shape index (κ2) is 10.7. The van der Waals surface area contributed by atoms with E-state index in [2.05, 4.69) is 60.7 Å². The SMILES string of the molecule is CCC(CC)(CN=C(N)Nc1ccc(OC)c(OC)c1)NC(C)c1ccccc1. The van der Waals surface area contributed by atoms with Gasteiger partial charge in [-0.25, -0.2) is 0 Å². The summed E-state index contributed by atoms with van der Waals surface area (Å²) in [6.07, 6.45) is 1.90. The molecular formula is C23H34N4O2. The van der Waals surface area contributed by atoms with Gasteiger partial charge in [-0.15, -0.1) is 0 Å². The monoisotopic (exact) mass is 398 g/mol. The molecule has 29 heavy (non-hydrogen) atoms. The smallest absolute Gasteiger partial charge is 0.193 e. The van der Waals surface area contributed by atoms with Crippen LogP contribution in [0.15, 0.2) is 53.5 Å². The number of nitrogens with two attached hydrogens (primary N) is 1. The Morgan fingerprint density at radius 3 is 2.28 bits per heavy atom. The van der Waals surface area contributed by atoms with Crippen LogP contribution >= 0.6 is 0 Å². The number of nitrogens with zero attached hydrogens (tertiary/aromatic N) is 1. The quantitative estimate of drug-likeness (QED) is 0.410. The summed E-state index contributed by atoms with van der Waals surface area (Å²) in [7, 11) is 3.22. The van der Waals surface area contributed by atoms with Crippen molar-refractivity contribution >= 4 is 11.6 Å². The van der Waals surface area contributed by atoms with Gasteiger partial charge in [0.2, 0.25) is 0 Å². The zero-order chi connectivity index (χ0) is 21.3. The number of anilines is 1. The van der Waals surface area contributed by atoms with Crippen LogP contribution in [0.3, 0.4) is 0 Å². The Kier molecular flexibility index (Phi) is 8.34. The maximum absolute atomic E-state index is 6.17. The van der Waals surface area contributed by atoms with Crippen molar-refractivity contribution < 1.29 is 9.47 Å². The molecule has 2 aromatic rings. The van der Waals surface area contributed by atoms with E-state index in [1.807, 2.05) is 24.3 Å². The van der Waals surface area contributed by atoms with Gasteiger partial charge in [0.1, 0.15) is 0 Å². The van der Waals surface area contributed by atoms with Crippen molar-refractivity contribution in [1.82, 2.24) is 5.32 Å². The van der Waals surface area contributed by atoms with E-state index in [0.717, 1.165) is 18.5 Å². The van der Waals surface area contributed by atoms with E-state index in [1.165, 1.54) is 5.56 Å². The van der Waals surface area contributed by atoms with Gasteiger partial charge in [-0.1, -0.05) is 44.2 Å². The minimum Gasteiger partial charge on any atom is -0.493 e. The van der Waals surface area contributed by atoms with E-state index < -0.39 is 0 Å². The molecule has 0 amide bonds. The molecule has 4 N–H and O–H groups in total. The summed E-state index contributed by atoms with van der Waals surface area (Å²) < 4.78 is 10.6. The molecule has 6 heteroatoms. The van der Waals surface area contributed by atoms with Crippen LogP contribution in [-0.4, -0.2) is 32.3 Å². The first kappa shape index (κ1) is 22.6. The first-order valence-electron chi connectivity index (χ1n) is 10.1. The van der Waals surface area contributed by atoms with E-state index in [1.54, 1.807) is 14.2 Å². The fourth-order valence-electron chi connectivity index (χ4n) is 3.35. The van der Waals surface area contributed by atoms with Gasteiger partial charge in [-0.3, -0.25) is 4.99 Å². The predicted molar refractivity (Wildman–Crippen MR) is 121 cm³/mol. The lowest BCUT2D eigenvalue weighted by molar-refractivity contribution is 0.281. The molecule has 1 unspecified atom stereocenters. The van der Waals surface area contributed by atoms with Gasteiger partial charge < -0.3 is 25.8 Å². The Hall–Kier alpha value is -2.73. The van der Waals surface area contributed by atoms with E-state index in [0.29, 0.717) is 24.0 Å². The van der Waals surface area contributed by atoms with Gasteiger partial charge in [-0.2, -0.15) is 0 Å². The van der Waals surface area contributed by atoms with Crippen molar-refractivity contribution in [3.8, 4) is 11.5 Å². The number of methoxy groups -OCH3 is 2. The number of nitrogens with one attached hydrogen (secondary N) is 2. The highest BCUT2D eigenvalue weighted by Gasteiger charge is 2.28. The summed E-state index contributed by atoms with van der Waals surface area (Å²) in [5.74, 6) is 1.68. The van der Waals surface area contributed by atoms with Crippen LogP contribution in [0.25, 0.3) is 0 Å². The van der Waals surface area contributed by atoms with E-state index in [4.69, 9.17) is 15.2 Å². The van der Waals surface area contributed by atoms with Crippen molar-refractivity contribution in [2.75, 3.05) is 26.1 Å². The van der Waals surface area contributed by atoms with Crippen LogP contribution < -0.4 is 25.8 Å². The highest BCUT2D eigenvalue weighted by molar-refractivity contribution is 5.92. The zero-order valence-corrected chi connectivity index (χ0v) is 18.2. The van der Waals surface area contributed by atoms with Gasteiger partial charge >= 0.3 is 0 Å². The first-order chi connectivity index (χ1) is 14.0. The van der Waals surface area contributed by atoms with Crippen molar-refractivity contribution in [2.24, 2.45) is 10.7 Å². The minimum atomic E-state index is -0.126. The highest BCUT2D eigenvalue weighted by Crippen LogP contribution is 2.29. The average Bonchev–Trinajstić information content (AvgIpc) is 2.77. The number of ether oxygens (including phenoxy) is 2. The van der Waals surface area contributed by atoms with Gasteiger partial charge in [0.15, 0.2) is 17.5 Å². The Morgan fingerprint density at radius 1 is 1.03 bits per heavy atom. The molecule has 0 aromatic heterocycles. The average molecular weight is 399 g/mol.